The lowest BCUT2D eigenvalue weighted by Crippen LogP contribution is -2.10. The molecule has 0 amide bonds. The fourth-order valence-corrected chi connectivity index (χ4v) is 1.79. The third-order valence-electron chi connectivity index (χ3n) is 2.83. The minimum absolute atomic E-state index is 0.0577. The summed E-state index contributed by atoms with van der Waals surface area (Å²) < 4.78 is 29.7. The lowest BCUT2D eigenvalue weighted by molar-refractivity contribution is -0.0498. The Morgan fingerprint density at radius 3 is 2.67 bits per heavy atom. The van der Waals surface area contributed by atoms with Crippen molar-refractivity contribution < 1.29 is 23.4 Å². The molecule has 0 aliphatic rings. The van der Waals surface area contributed by atoms with Crippen LogP contribution in [0.2, 0.25) is 0 Å². The number of aryl methyl sites for hydroxylation is 1. The molecule has 0 aliphatic carbocycles. The van der Waals surface area contributed by atoms with Gasteiger partial charge in [0.25, 0.3) is 0 Å². The lowest BCUT2D eigenvalue weighted by atomic mass is 10.2. The summed E-state index contributed by atoms with van der Waals surface area (Å²) in [6.45, 7) is -2.62. The van der Waals surface area contributed by atoms with Gasteiger partial charge in [0.2, 0.25) is 0 Å². The van der Waals surface area contributed by atoms with Gasteiger partial charge in [0, 0.05) is 12.7 Å². The van der Waals surface area contributed by atoms with Crippen LogP contribution in [0.15, 0.2) is 30.5 Å². The van der Waals surface area contributed by atoms with Crippen LogP contribution in [0.1, 0.15) is 16.1 Å². The highest BCUT2D eigenvalue weighted by Gasteiger charge is 2.14. The lowest BCUT2D eigenvalue weighted by Gasteiger charge is -2.09. The summed E-state index contributed by atoms with van der Waals surface area (Å²) in [4.78, 5) is 11.0. The molecule has 6 nitrogen and oxygen atoms in total. The summed E-state index contributed by atoms with van der Waals surface area (Å²) >= 11 is 0. The van der Waals surface area contributed by atoms with Gasteiger partial charge in [-0.25, -0.2) is 4.79 Å². The Hall–Kier alpha value is -2.64. The quantitative estimate of drug-likeness (QED) is 0.856. The zero-order valence-corrected chi connectivity index (χ0v) is 11.1. The third-order valence-corrected chi connectivity index (χ3v) is 2.83. The van der Waals surface area contributed by atoms with E-state index in [9.17, 15) is 13.6 Å². The molecule has 1 heterocycles. The molecule has 0 spiro atoms. The number of nitrogens with zero attached hydrogens (tertiary/aromatic N) is 2. The van der Waals surface area contributed by atoms with E-state index in [2.05, 4.69) is 15.2 Å². The molecule has 8 heteroatoms. The number of halogens is 2. The van der Waals surface area contributed by atoms with Crippen LogP contribution in [0.3, 0.4) is 0 Å². The van der Waals surface area contributed by atoms with Gasteiger partial charge in [-0.05, 0) is 24.3 Å². The molecule has 1 aromatic carbocycles. The summed E-state index contributed by atoms with van der Waals surface area (Å²) in [7, 11) is 1.64. The first-order chi connectivity index (χ1) is 9.97. The van der Waals surface area contributed by atoms with Crippen molar-refractivity contribution in [2.24, 2.45) is 7.05 Å². The summed E-state index contributed by atoms with van der Waals surface area (Å²) in [5.41, 5.74) is 1.27. The van der Waals surface area contributed by atoms with Crippen molar-refractivity contribution in [1.29, 1.82) is 0 Å². The summed E-state index contributed by atoms with van der Waals surface area (Å²) in [6, 6.07) is 5.93. The van der Waals surface area contributed by atoms with Crippen molar-refractivity contribution in [2.75, 3.05) is 5.32 Å². The summed E-state index contributed by atoms with van der Waals surface area (Å²) in [5.74, 6) is -0.997. The molecule has 1 aromatic heterocycles. The minimum atomic E-state index is -2.86. The highest BCUT2D eigenvalue weighted by atomic mass is 19.3. The molecule has 112 valence electrons. The molecule has 2 rings (SSSR count). The molecule has 2 aromatic rings. The SMILES string of the molecule is Cn1ncc(C(=O)O)c1CNc1ccc(OC(F)F)cc1. The number of aromatic nitrogens is 2. The van der Waals surface area contributed by atoms with Gasteiger partial charge in [-0.15, -0.1) is 0 Å². The fraction of sp³-hybridized carbons (Fsp3) is 0.231. The summed E-state index contributed by atoms with van der Waals surface area (Å²) in [6.07, 6.45) is 1.28. The highest BCUT2D eigenvalue weighted by Crippen LogP contribution is 2.18. The van der Waals surface area contributed by atoms with Gasteiger partial charge in [0.1, 0.15) is 11.3 Å². The average Bonchev–Trinajstić information content (AvgIpc) is 2.79. The van der Waals surface area contributed by atoms with Crippen LogP contribution in [0.25, 0.3) is 0 Å². The zero-order valence-electron chi connectivity index (χ0n) is 11.1. The van der Waals surface area contributed by atoms with Crippen LogP contribution >= 0.6 is 0 Å². The van der Waals surface area contributed by atoms with E-state index in [-0.39, 0.29) is 17.9 Å². The molecule has 0 atom stereocenters. The van der Waals surface area contributed by atoms with Crippen LogP contribution in [-0.4, -0.2) is 27.5 Å². The maximum atomic E-state index is 12.0. The first-order valence-electron chi connectivity index (χ1n) is 6.00. The number of hydrogen-bond acceptors (Lipinski definition) is 4. The number of hydrogen-bond donors (Lipinski definition) is 2. The van der Waals surface area contributed by atoms with E-state index in [0.29, 0.717) is 11.4 Å². The van der Waals surface area contributed by atoms with E-state index in [0.717, 1.165) is 0 Å². The van der Waals surface area contributed by atoms with Crippen molar-refractivity contribution in [1.82, 2.24) is 9.78 Å². The van der Waals surface area contributed by atoms with E-state index in [1.165, 1.54) is 23.0 Å². The van der Waals surface area contributed by atoms with E-state index in [1.807, 2.05) is 0 Å². The Kier molecular flexibility index (Phi) is 4.36. The van der Waals surface area contributed by atoms with Gasteiger partial charge in [-0.3, -0.25) is 4.68 Å². The molecule has 0 bridgehead atoms. The van der Waals surface area contributed by atoms with E-state index < -0.39 is 12.6 Å². The fourth-order valence-electron chi connectivity index (χ4n) is 1.79. The summed E-state index contributed by atoms with van der Waals surface area (Å²) in [5, 5.41) is 15.9. The molecule has 0 saturated carbocycles. The van der Waals surface area contributed by atoms with E-state index >= 15 is 0 Å². The van der Waals surface area contributed by atoms with Gasteiger partial charge < -0.3 is 15.2 Å². The first kappa shape index (κ1) is 14.8. The number of alkyl halides is 2. The van der Waals surface area contributed by atoms with Crippen molar-refractivity contribution in [3.05, 3.63) is 41.7 Å². The predicted octanol–water partition coefficient (Wildman–Crippen LogP) is 2.33. The maximum absolute atomic E-state index is 12.0. The average molecular weight is 297 g/mol. The number of benzene rings is 1. The second kappa shape index (κ2) is 6.21. The molecule has 0 radical (unpaired) electrons. The standard InChI is InChI=1S/C13H13F2N3O3/c1-18-11(10(6-17-18)12(19)20)7-16-8-2-4-9(5-3-8)21-13(14)15/h2-6,13,16H,7H2,1H3,(H,19,20). The Bertz CT molecular complexity index is 626. The number of rotatable bonds is 6. The minimum Gasteiger partial charge on any atom is -0.478 e. The number of carboxylic acids is 1. The van der Waals surface area contributed by atoms with Crippen molar-refractivity contribution in [3.63, 3.8) is 0 Å². The normalized spacial score (nSPS) is 10.7. The monoisotopic (exact) mass is 297 g/mol. The van der Waals surface area contributed by atoms with Crippen LogP contribution < -0.4 is 10.1 Å². The number of carbonyl (C=O) groups is 1. The Morgan fingerprint density at radius 2 is 2.10 bits per heavy atom. The van der Waals surface area contributed by atoms with Gasteiger partial charge in [-0.2, -0.15) is 13.9 Å². The molecular weight excluding hydrogens is 284 g/mol. The number of carboxylic acid groups (broad SMARTS) is 1. The second-order valence-corrected chi connectivity index (χ2v) is 4.19. The van der Waals surface area contributed by atoms with Crippen LogP contribution in [-0.2, 0) is 13.6 Å². The molecule has 0 aliphatic heterocycles. The number of aromatic carboxylic acids is 1. The Balaban J connectivity index is 2.03. The predicted molar refractivity (Wildman–Crippen MR) is 70.6 cm³/mol. The molecule has 0 saturated heterocycles. The van der Waals surface area contributed by atoms with E-state index in [4.69, 9.17) is 5.11 Å². The van der Waals surface area contributed by atoms with Crippen LogP contribution in [0.4, 0.5) is 14.5 Å². The smallest absolute Gasteiger partial charge is 0.387 e. The zero-order chi connectivity index (χ0) is 15.4. The second-order valence-electron chi connectivity index (χ2n) is 4.19. The van der Waals surface area contributed by atoms with Crippen LogP contribution in [0, 0.1) is 0 Å². The van der Waals surface area contributed by atoms with Crippen molar-refractivity contribution >= 4 is 11.7 Å². The highest BCUT2D eigenvalue weighted by molar-refractivity contribution is 5.88. The topological polar surface area (TPSA) is 76.4 Å². The van der Waals surface area contributed by atoms with Gasteiger partial charge in [-0.1, -0.05) is 0 Å². The molecule has 0 fully saturated rings. The van der Waals surface area contributed by atoms with Gasteiger partial charge >= 0.3 is 12.6 Å². The molecule has 0 unspecified atom stereocenters. The van der Waals surface area contributed by atoms with Crippen LogP contribution in [0.5, 0.6) is 5.75 Å². The molecule has 21 heavy (non-hydrogen) atoms. The maximum Gasteiger partial charge on any atom is 0.387 e. The number of nitrogens with one attached hydrogen (secondary N) is 1. The van der Waals surface area contributed by atoms with E-state index in [1.54, 1.807) is 19.2 Å². The number of ether oxygens (including phenoxy) is 1. The van der Waals surface area contributed by atoms with Crippen molar-refractivity contribution in [2.45, 2.75) is 13.2 Å². The molecule has 2 N–H and O–H groups in total. The number of anilines is 1. The van der Waals surface area contributed by atoms with Gasteiger partial charge in [0.15, 0.2) is 0 Å². The first-order valence-corrected chi connectivity index (χ1v) is 6.00. The third kappa shape index (κ3) is 3.68. The van der Waals surface area contributed by atoms with Gasteiger partial charge in [0.05, 0.1) is 18.4 Å². The molecular formula is C13H13F2N3O3. The van der Waals surface area contributed by atoms with Crippen molar-refractivity contribution in [3.8, 4) is 5.75 Å². The largest absolute Gasteiger partial charge is 0.478 e. The Morgan fingerprint density at radius 1 is 1.43 bits per heavy atom. The Labute approximate surface area is 119 Å².